The van der Waals surface area contributed by atoms with Gasteiger partial charge in [0.05, 0.1) is 16.1 Å². The molecule has 0 radical (unpaired) electrons. The fourth-order valence-corrected chi connectivity index (χ4v) is 3.13. The lowest BCUT2D eigenvalue weighted by Crippen LogP contribution is -2.02. The first-order chi connectivity index (χ1) is 10.1. The predicted octanol–water partition coefficient (Wildman–Crippen LogP) is 5.20. The van der Waals surface area contributed by atoms with E-state index in [0.717, 1.165) is 20.6 Å². The highest BCUT2D eigenvalue weighted by Crippen LogP contribution is 2.27. The van der Waals surface area contributed by atoms with Crippen molar-refractivity contribution in [2.24, 2.45) is 0 Å². The number of hydrogen-bond acceptors (Lipinski definition) is 1. The number of imidazole rings is 1. The lowest BCUT2D eigenvalue weighted by Gasteiger charge is -2.09. The fourth-order valence-electron chi connectivity index (χ4n) is 2.28. The molecule has 1 aromatic heterocycles. The number of aryl methyl sites for hydroxylation is 1. The molecule has 0 aliphatic carbocycles. The highest BCUT2D eigenvalue weighted by molar-refractivity contribution is 14.1. The van der Waals surface area contributed by atoms with Crippen molar-refractivity contribution in [3.05, 3.63) is 56.6 Å². The van der Waals surface area contributed by atoms with Gasteiger partial charge in [0.1, 0.15) is 11.6 Å². The second kappa shape index (κ2) is 6.10. The minimum absolute atomic E-state index is 0.0895. The molecule has 0 N–H and O–H groups in total. The molecule has 1 heterocycles. The van der Waals surface area contributed by atoms with E-state index in [1.54, 1.807) is 6.07 Å². The molecule has 0 unspecified atom stereocenters. The van der Waals surface area contributed by atoms with Gasteiger partial charge in [0.2, 0.25) is 0 Å². The van der Waals surface area contributed by atoms with Gasteiger partial charge in [0.15, 0.2) is 0 Å². The maximum atomic E-state index is 13.6. The summed E-state index contributed by atoms with van der Waals surface area (Å²) in [7, 11) is 0. The standard InChI is InChI=1S/C15H10Cl2FIN2/c16-5-4-15-20-13-8-12(18)11(17)7-14(13)21(15)10-3-1-2-9(19)6-10/h1-3,6-8H,4-5H2. The maximum Gasteiger partial charge on any atom is 0.144 e. The van der Waals surface area contributed by atoms with Gasteiger partial charge in [-0.1, -0.05) is 17.7 Å². The van der Waals surface area contributed by atoms with Crippen LogP contribution in [0.15, 0.2) is 36.4 Å². The van der Waals surface area contributed by atoms with Crippen molar-refractivity contribution in [2.45, 2.75) is 6.42 Å². The highest BCUT2D eigenvalue weighted by Gasteiger charge is 2.15. The van der Waals surface area contributed by atoms with Crippen LogP contribution in [0.4, 0.5) is 4.39 Å². The molecule has 2 aromatic carbocycles. The number of nitrogens with zero attached hydrogens (tertiary/aromatic N) is 2. The second-order valence-electron chi connectivity index (χ2n) is 4.54. The topological polar surface area (TPSA) is 17.8 Å². The van der Waals surface area contributed by atoms with Crippen LogP contribution in [0.3, 0.4) is 0 Å². The van der Waals surface area contributed by atoms with Gasteiger partial charge < -0.3 is 0 Å². The first-order valence-electron chi connectivity index (χ1n) is 6.28. The molecule has 0 saturated carbocycles. The minimum atomic E-state index is -0.464. The summed E-state index contributed by atoms with van der Waals surface area (Å²) in [5.74, 6) is 0.779. The summed E-state index contributed by atoms with van der Waals surface area (Å²) in [6.45, 7) is 0. The van der Waals surface area contributed by atoms with E-state index in [2.05, 4.69) is 27.6 Å². The summed E-state index contributed by atoms with van der Waals surface area (Å²) in [6.07, 6.45) is 0.598. The molecule has 0 fully saturated rings. The van der Waals surface area contributed by atoms with E-state index < -0.39 is 5.82 Å². The van der Waals surface area contributed by atoms with Crippen molar-refractivity contribution in [3.63, 3.8) is 0 Å². The van der Waals surface area contributed by atoms with E-state index in [9.17, 15) is 4.39 Å². The molecule has 0 bridgehead atoms. The van der Waals surface area contributed by atoms with Gasteiger partial charge in [-0.25, -0.2) is 9.37 Å². The summed E-state index contributed by atoms with van der Waals surface area (Å²) < 4.78 is 16.7. The molecule has 0 aliphatic rings. The maximum absolute atomic E-state index is 13.6. The van der Waals surface area contributed by atoms with Crippen LogP contribution in [-0.4, -0.2) is 15.4 Å². The molecule has 0 atom stereocenters. The van der Waals surface area contributed by atoms with Crippen molar-refractivity contribution < 1.29 is 4.39 Å². The van der Waals surface area contributed by atoms with Crippen LogP contribution in [0.5, 0.6) is 0 Å². The Morgan fingerprint density at radius 1 is 1.24 bits per heavy atom. The highest BCUT2D eigenvalue weighted by atomic mass is 127. The Balaban J connectivity index is 2.32. The molecule has 0 amide bonds. The van der Waals surface area contributed by atoms with E-state index in [0.29, 0.717) is 17.8 Å². The number of alkyl halides is 1. The van der Waals surface area contributed by atoms with Crippen LogP contribution in [0.25, 0.3) is 16.7 Å². The molecule has 3 aromatic rings. The quantitative estimate of drug-likeness (QED) is 0.409. The van der Waals surface area contributed by atoms with E-state index in [1.165, 1.54) is 6.07 Å². The average molecular weight is 435 g/mol. The van der Waals surface area contributed by atoms with Crippen LogP contribution in [0.2, 0.25) is 5.02 Å². The summed E-state index contributed by atoms with van der Waals surface area (Å²) in [4.78, 5) is 4.49. The Hall–Kier alpha value is -0.850. The van der Waals surface area contributed by atoms with E-state index >= 15 is 0 Å². The molecule has 0 aliphatic heterocycles. The number of aromatic nitrogens is 2. The van der Waals surface area contributed by atoms with Crippen LogP contribution >= 0.6 is 45.8 Å². The van der Waals surface area contributed by atoms with Gasteiger partial charge in [0, 0.05) is 27.6 Å². The number of benzene rings is 2. The molecule has 6 heteroatoms. The SMILES string of the molecule is Fc1cc2nc(CCCl)n(-c3cccc(I)c3)c2cc1Cl. The number of halogens is 4. The molecule has 0 saturated heterocycles. The zero-order valence-corrected chi connectivity index (χ0v) is 14.5. The molecule has 2 nitrogen and oxygen atoms in total. The normalized spacial score (nSPS) is 11.2. The Labute approximate surface area is 145 Å². The van der Waals surface area contributed by atoms with Crippen molar-refractivity contribution in [1.82, 2.24) is 9.55 Å². The summed E-state index contributed by atoms with van der Waals surface area (Å²) >= 11 is 14.0. The Morgan fingerprint density at radius 3 is 2.76 bits per heavy atom. The van der Waals surface area contributed by atoms with Gasteiger partial charge in [0.25, 0.3) is 0 Å². The zero-order chi connectivity index (χ0) is 15.0. The average Bonchev–Trinajstić information content (AvgIpc) is 2.77. The first kappa shape index (κ1) is 15.1. The summed E-state index contributed by atoms with van der Waals surface area (Å²) in [5.41, 5.74) is 2.33. The van der Waals surface area contributed by atoms with Crippen molar-refractivity contribution in [2.75, 3.05) is 5.88 Å². The van der Waals surface area contributed by atoms with E-state index in [4.69, 9.17) is 23.2 Å². The zero-order valence-electron chi connectivity index (χ0n) is 10.8. The summed E-state index contributed by atoms with van der Waals surface area (Å²) in [6, 6.07) is 11.0. The van der Waals surface area contributed by atoms with Crippen molar-refractivity contribution in [1.29, 1.82) is 0 Å². The third-order valence-corrected chi connectivity index (χ3v) is 4.30. The lowest BCUT2D eigenvalue weighted by molar-refractivity contribution is 0.630. The molecule has 108 valence electrons. The molecular weight excluding hydrogens is 425 g/mol. The van der Waals surface area contributed by atoms with Gasteiger partial charge >= 0.3 is 0 Å². The van der Waals surface area contributed by atoms with Gasteiger partial charge in [-0.15, -0.1) is 11.6 Å². The lowest BCUT2D eigenvalue weighted by atomic mass is 10.2. The monoisotopic (exact) mass is 434 g/mol. The molecule has 3 rings (SSSR count). The Morgan fingerprint density at radius 2 is 2.05 bits per heavy atom. The Kier molecular flexibility index (Phi) is 4.38. The van der Waals surface area contributed by atoms with E-state index in [-0.39, 0.29) is 5.02 Å². The number of hydrogen-bond donors (Lipinski definition) is 0. The van der Waals surface area contributed by atoms with Gasteiger partial charge in [-0.3, -0.25) is 4.57 Å². The fraction of sp³-hybridized carbons (Fsp3) is 0.133. The first-order valence-corrected chi connectivity index (χ1v) is 8.27. The largest absolute Gasteiger partial charge is 0.296 e. The Bertz CT molecular complexity index is 817. The minimum Gasteiger partial charge on any atom is -0.296 e. The van der Waals surface area contributed by atoms with Crippen molar-refractivity contribution >= 4 is 56.8 Å². The molecular formula is C15H10Cl2FIN2. The van der Waals surface area contributed by atoms with Gasteiger partial charge in [-0.05, 0) is 46.9 Å². The van der Waals surface area contributed by atoms with Crippen LogP contribution in [0.1, 0.15) is 5.82 Å². The van der Waals surface area contributed by atoms with Gasteiger partial charge in [-0.2, -0.15) is 0 Å². The molecule has 0 spiro atoms. The number of rotatable bonds is 3. The third kappa shape index (κ3) is 2.89. The van der Waals surface area contributed by atoms with Crippen LogP contribution < -0.4 is 0 Å². The third-order valence-electron chi connectivity index (χ3n) is 3.15. The van der Waals surface area contributed by atoms with Crippen LogP contribution in [0, 0.1) is 9.39 Å². The smallest absolute Gasteiger partial charge is 0.144 e. The summed E-state index contributed by atoms with van der Waals surface area (Å²) in [5, 5.41) is 0.0895. The second-order valence-corrected chi connectivity index (χ2v) is 6.57. The van der Waals surface area contributed by atoms with Crippen molar-refractivity contribution in [3.8, 4) is 5.69 Å². The number of fused-ring (bicyclic) bond motifs is 1. The molecule has 21 heavy (non-hydrogen) atoms. The van der Waals surface area contributed by atoms with Crippen LogP contribution in [-0.2, 0) is 6.42 Å². The predicted molar refractivity (Wildman–Crippen MR) is 93.2 cm³/mol. The van der Waals surface area contributed by atoms with E-state index in [1.807, 2.05) is 28.8 Å².